The molecule has 1 atom stereocenters. The minimum absolute atomic E-state index is 0.0360. The Labute approximate surface area is 225 Å². The zero-order chi connectivity index (χ0) is 27.6. The van der Waals surface area contributed by atoms with Crippen LogP contribution in [0, 0.1) is 18.6 Å². The van der Waals surface area contributed by atoms with Crippen LogP contribution in [0.25, 0.3) is 10.9 Å². The number of piperidine rings is 1. The summed E-state index contributed by atoms with van der Waals surface area (Å²) in [6.45, 7) is 1.32. The third kappa shape index (κ3) is 6.25. The number of carbonyl (C=O) groups excluding carboxylic acids is 1. The first kappa shape index (κ1) is 27.8. The van der Waals surface area contributed by atoms with Gasteiger partial charge >= 0.3 is 5.97 Å². The average molecular weight is 596 g/mol. The molecule has 38 heavy (non-hydrogen) atoms. The summed E-state index contributed by atoms with van der Waals surface area (Å²) in [5, 5.41) is 12.4. The van der Waals surface area contributed by atoms with E-state index < -0.39 is 41.9 Å². The molecule has 1 fully saturated rings. The van der Waals surface area contributed by atoms with E-state index in [-0.39, 0.29) is 49.2 Å². The van der Waals surface area contributed by atoms with Gasteiger partial charge in [-0.15, -0.1) is 0 Å². The number of nitrogens with zero attached hydrogens (tertiary/aromatic N) is 2. The Morgan fingerprint density at radius 1 is 1.21 bits per heavy atom. The maximum Gasteiger partial charge on any atom is 0.303 e. The summed E-state index contributed by atoms with van der Waals surface area (Å²) < 4.78 is 57.5. The molecule has 4 rings (SSSR count). The fourth-order valence-corrected chi connectivity index (χ4v) is 5.22. The van der Waals surface area contributed by atoms with E-state index in [1.165, 1.54) is 4.90 Å². The molecule has 2 N–H and O–H groups in total. The molecule has 0 aliphatic carbocycles. The standard InChI is InChI=1S/C27H26BrF4N3O3/c1-15-24(26(38)33-13-16(3-8-23(36)37)19-12-18(29)5-6-21(19)30)20-11-17(28)4-7-22(20)34-25(15)35-10-2-9-27(31,32)14-35/h4-7,11-12,16H,2-3,8-10,13-14H2,1H3,(H,33,38)(H,36,37)/t16-/m1/s1. The number of anilines is 1. The summed E-state index contributed by atoms with van der Waals surface area (Å²) in [6.07, 6.45) is -0.289. The molecule has 0 saturated carbocycles. The molecular formula is C27H26BrF4N3O3. The highest BCUT2D eigenvalue weighted by Gasteiger charge is 2.37. The van der Waals surface area contributed by atoms with Gasteiger partial charge in [-0.25, -0.2) is 22.5 Å². The number of alkyl halides is 2. The molecule has 1 amide bonds. The van der Waals surface area contributed by atoms with Crippen molar-refractivity contribution in [2.24, 2.45) is 0 Å². The Kier molecular flexibility index (Phi) is 8.25. The molecule has 0 unspecified atom stereocenters. The number of benzene rings is 2. The predicted octanol–water partition coefficient (Wildman–Crippen LogP) is 6.20. The molecule has 202 valence electrons. The van der Waals surface area contributed by atoms with Crippen molar-refractivity contribution in [3.05, 3.63) is 69.2 Å². The van der Waals surface area contributed by atoms with Crippen molar-refractivity contribution in [3.63, 3.8) is 0 Å². The Bertz CT molecular complexity index is 1390. The highest BCUT2D eigenvalue weighted by molar-refractivity contribution is 9.10. The van der Waals surface area contributed by atoms with Gasteiger partial charge in [0.25, 0.3) is 11.8 Å². The third-order valence-corrected chi connectivity index (χ3v) is 7.19. The van der Waals surface area contributed by atoms with Crippen molar-refractivity contribution in [1.82, 2.24) is 10.3 Å². The van der Waals surface area contributed by atoms with Gasteiger partial charge in [0, 0.05) is 47.3 Å². The molecule has 1 saturated heterocycles. The van der Waals surface area contributed by atoms with Crippen LogP contribution in [-0.4, -0.2) is 47.5 Å². The molecule has 0 bridgehead atoms. The van der Waals surface area contributed by atoms with E-state index >= 15 is 0 Å². The molecule has 1 aliphatic rings. The number of hydrogen-bond acceptors (Lipinski definition) is 4. The maximum atomic E-state index is 14.5. The van der Waals surface area contributed by atoms with Crippen LogP contribution in [0.1, 0.15) is 53.1 Å². The van der Waals surface area contributed by atoms with E-state index in [1.807, 2.05) is 0 Å². The number of aromatic nitrogens is 1. The summed E-state index contributed by atoms with van der Waals surface area (Å²) >= 11 is 3.39. The van der Waals surface area contributed by atoms with Gasteiger partial charge in [0.2, 0.25) is 0 Å². The number of halogens is 5. The SMILES string of the molecule is Cc1c(N2CCCC(F)(F)C2)nc2ccc(Br)cc2c1C(=O)NC[C@@H](CCC(=O)O)c1cc(F)ccc1F. The lowest BCUT2D eigenvalue weighted by atomic mass is 9.93. The Balaban J connectivity index is 1.70. The number of carbonyl (C=O) groups is 2. The van der Waals surface area contributed by atoms with Crippen LogP contribution in [0.4, 0.5) is 23.4 Å². The average Bonchev–Trinajstić information content (AvgIpc) is 2.84. The van der Waals surface area contributed by atoms with E-state index in [1.54, 1.807) is 25.1 Å². The largest absolute Gasteiger partial charge is 0.481 e. The lowest BCUT2D eigenvalue weighted by Crippen LogP contribution is -2.43. The minimum Gasteiger partial charge on any atom is -0.481 e. The number of carboxylic acids is 1. The summed E-state index contributed by atoms with van der Waals surface area (Å²) in [7, 11) is 0. The van der Waals surface area contributed by atoms with Crippen molar-refractivity contribution in [3.8, 4) is 0 Å². The van der Waals surface area contributed by atoms with Gasteiger partial charge in [0.05, 0.1) is 17.6 Å². The second-order valence-electron chi connectivity index (χ2n) is 9.48. The summed E-state index contributed by atoms with van der Waals surface area (Å²) in [5.41, 5.74) is 1.02. The van der Waals surface area contributed by atoms with E-state index in [4.69, 9.17) is 5.11 Å². The molecule has 2 heterocycles. The fourth-order valence-electron chi connectivity index (χ4n) is 4.86. The van der Waals surface area contributed by atoms with Crippen LogP contribution >= 0.6 is 15.9 Å². The number of rotatable bonds is 8. The second kappa shape index (κ2) is 11.3. The van der Waals surface area contributed by atoms with Gasteiger partial charge in [0.15, 0.2) is 0 Å². The molecule has 2 aromatic carbocycles. The number of nitrogens with one attached hydrogen (secondary N) is 1. The normalized spacial score (nSPS) is 15.9. The van der Waals surface area contributed by atoms with E-state index in [0.29, 0.717) is 27.5 Å². The Morgan fingerprint density at radius 2 is 1.97 bits per heavy atom. The van der Waals surface area contributed by atoms with Crippen LogP contribution < -0.4 is 10.2 Å². The van der Waals surface area contributed by atoms with Crippen molar-refractivity contribution in [2.75, 3.05) is 24.5 Å². The molecule has 0 spiro atoms. The number of aliphatic carboxylic acids is 1. The minimum atomic E-state index is -2.88. The van der Waals surface area contributed by atoms with Gasteiger partial charge in [-0.2, -0.15) is 0 Å². The van der Waals surface area contributed by atoms with Crippen LogP contribution in [0.2, 0.25) is 0 Å². The van der Waals surface area contributed by atoms with Crippen molar-refractivity contribution >= 4 is 44.5 Å². The van der Waals surface area contributed by atoms with E-state index in [2.05, 4.69) is 26.2 Å². The van der Waals surface area contributed by atoms with Crippen LogP contribution in [0.15, 0.2) is 40.9 Å². The van der Waals surface area contributed by atoms with Gasteiger partial charge in [-0.3, -0.25) is 9.59 Å². The number of pyridine rings is 1. The van der Waals surface area contributed by atoms with Crippen LogP contribution in [-0.2, 0) is 4.79 Å². The predicted molar refractivity (Wildman–Crippen MR) is 139 cm³/mol. The number of carboxylic acid groups (broad SMARTS) is 1. The molecule has 1 aliphatic heterocycles. The van der Waals surface area contributed by atoms with E-state index in [0.717, 1.165) is 18.2 Å². The lowest BCUT2D eigenvalue weighted by Gasteiger charge is -2.34. The molecule has 6 nitrogen and oxygen atoms in total. The monoisotopic (exact) mass is 595 g/mol. The topological polar surface area (TPSA) is 82.5 Å². The third-order valence-electron chi connectivity index (χ3n) is 6.70. The summed E-state index contributed by atoms with van der Waals surface area (Å²) in [4.78, 5) is 30.8. The molecule has 11 heteroatoms. The quantitative estimate of drug-likeness (QED) is 0.303. The van der Waals surface area contributed by atoms with Gasteiger partial charge in [-0.1, -0.05) is 15.9 Å². The van der Waals surface area contributed by atoms with Crippen molar-refractivity contribution < 1.29 is 32.3 Å². The molecular weight excluding hydrogens is 570 g/mol. The lowest BCUT2D eigenvalue weighted by molar-refractivity contribution is -0.137. The van der Waals surface area contributed by atoms with Crippen LogP contribution in [0.5, 0.6) is 0 Å². The molecule has 0 radical (unpaired) electrons. The van der Waals surface area contributed by atoms with Crippen molar-refractivity contribution in [1.29, 1.82) is 0 Å². The first-order valence-electron chi connectivity index (χ1n) is 12.1. The maximum absolute atomic E-state index is 14.5. The summed E-state index contributed by atoms with van der Waals surface area (Å²) in [5.74, 6) is -6.47. The Morgan fingerprint density at radius 3 is 2.68 bits per heavy atom. The van der Waals surface area contributed by atoms with Crippen LogP contribution in [0.3, 0.4) is 0 Å². The summed E-state index contributed by atoms with van der Waals surface area (Å²) in [6, 6.07) is 8.02. The molecule has 3 aromatic rings. The zero-order valence-electron chi connectivity index (χ0n) is 20.5. The van der Waals surface area contributed by atoms with Gasteiger partial charge in [0.1, 0.15) is 17.5 Å². The number of hydrogen-bond donors (Lipinski definition) is 2. The highest BCUT2D eigenvalue weighted by Crippen LogP contribution is 2.35. The zero-order valence-corrected chi connectivity index (χ0v) is 22.1. The van der Waals surface area contributed by atoms with Gasteiger partial charge < -0.3 is 15.3 Å². The van der Waals surface area contributed by atoms with Gasteiger partial charge in [-0.05, 0) is 61.7 Å². The van der Waals surface area contributed by atoms with E-state index in [9.17, 15) is 27.2 Å². The number of fused-ring (bicyclic) bond motifs is 1. The number of amides is 1. The Hall–Kier alpha value is -3.21. The molecule has 1 aromatic heterocycles. The first-order valence-corrected chi connectivity index (χ1v) is 12.9. The second-order valence-corrected chi connectivity index (χ2v) is 10.4. The first-order chi connectivity index (χ1) is 17.9. The fraction of sp³-hybridized carbons (Fsp3) is 0.370. The van der Waals surface area contributed by atoms with Crippen molar-refractivity contribution in [2.45, 2.75) is 44.4 Å². The smallest absolute Gasteiger partial charge is 0.303 e. The highest BCUT2D eigenvalue weighted by atomic mass is 79.9.